The van der Waals surface area contributed by atoms with E-state index in [9.17, 15) is 9.46 Å². The highest BCUT2D eigenvalue weighted by atomic mass is 31.2. The summed E-state index contributed by atoms with van der Waals surface area (Å²) < 4.78 is 23.8. The molecule has 0 radical (unpaired) electrons. The zero-order chi connectivity index (χ0) is 18.9. The molecule has 1 aromatic carbocycles. The van der Waals surface area contributed by atoms with Crippen LogP contribution < -0.4 is 9.64 Å². The SMILES string of the molecule is COc1ccc2nc(C)cc(N3CCN(OP(=O)(O)N(C)C)CC3)c2c1. The Morgan fingerprint density at radius 1 is 1.19 bits per heavy atom. The van der Waals surface area contributed by atoms with E-state index in [0.717, 1.165) is 28.0 Å². The summed E-state index contributed by atoms with van der Waals surface area (Å²) >= 11 is 0. The lowest BCUT2D eigenvalue weighted by atomic mass is 10.1. The maximum Gasteiger partial charge on any atom is 0.421 e. The number of nitrogens with zero attached hydrogens (tertiary/aromatic N) is 4. The Kier molecular flexibility index (Phi) is 5.50. The van der Waals surface area contributed by atoms with E-state index in [1.165, 1.54) is 18.8 Å². The molecule has 1 aliphatic heterocycles. The summed E-state index contributed by atoms with van der Waals surface area (Å²) in [6.45, 7) is 4.41. The fraction of sp³-hybridized carbons (Fsp3) is 0.471. The molecule has 3 rings (SSSR count). The molecule has 142 valence electrons. The van der Waals surface area contributed by atoms with Crippen LogP contribution in [0.3, 0.4) is 0 Å². The quantitative estimate of drug-likeness (QED) is 0.792. The van der Waals surface area contributed by atoms with E-state index in [0.29, 0.717) is 26.2 Å². The number of benzene rings is 1. The number of pyridine rings is 1. The van der Waals surface area contributed by atoms with Gasteiger partial charge in [-0.3, -0.25) is 4.98 Å². The lowest BCUT2D eigenvalue weighted by Crippen LogP contribution is -2.46. The Labute approximate surface area is 153 Å². The van der Waals surface area contributed by atoms with Crippen LogP contribution in [0, 0.1) is 6.92 Å². The van der Waals surface area contributed by atoms with E-state index in [4.69, 9.17) is 9.36 Å². The highest BCUT2D eigenvalue weighted by molar-refractivity contribution is 7.50. The molecule has 1 N–H and O–H groups in total. The summed E-state index contributed by atoms with van der Waals surface area (Å²) in [5, 5.41) is 2.60. The van der Waals surface area contributed by atoms with E-state index < -0.39 is 7.75 Å². The number of fused-ring (bicyclic) bond motifs is 1. The Balaban J connectivity index is 1.80. The molecule has 1 unspecified atom stereocenters. The number of rotatable bonds is 5. The summed E-state index contributed by atoms with van der Waals surface area (Å²) in [6.07, 6.45) is 0. The second-order valence-corrected chi connectivity index (χ2v) is 8.45. The van der Waals surface area contributed by atoms with Gasteiger partial charge in [0, 0.05) is 42.9 Å². The first kappa shape index (κ1) is 19.1. The van der Waals surface area contributed by atoms with Gasteiger partial charge in [0.25, 0.3) is 0 Å². The highest BCUT2D eigenvalue weighted by Gasteiger charge is 2.29. The van der Waals surface area contributed by atoms with Gasteiger partial charge >= 0.3 is 7.75 Å². The monoisotopic (exact) mass is 380 g/mol. The third kappa shape index (κ3) is 4.00. The fourth-order valence-electron chi connectivity index (χ4n) is 2.94. The minimum atomic E-state index is -3.77. The Hall–Kier alpha value is -1.70. The first-order valence-corrected chi connectivity index (χ1v) is 9.99. The molecule has 1 saturated heterocycles. The molecule has 2 aromatic rings. The minimum Gasteiger partial charge on any atom is -0.497 e. The van der Waals surface area contributed by atoms with Crippen molar-refractivity contribution >= 4 is 24.3 Å². The lowest BCUT2D eigenvalue weighted by Gasteiger charge is -2.36. The van der Waals surface area contributed by atoms with Gasteiger partial charge in [-0.2, -0.15) is 5.06 Å². The maximum absolute atomic E-state index is 12.0. The average molecular weight is 380 g/mol. The number of aromatic nitrogens is 1. The predicted molar refractivity (Wildman–Crippen MR) is 101 cm³/mol. The molecular formula is C17H25N4O4P. The first-order valence-electron chi connectivity index (χ1n) is 8.46. The number of methoxy groups -OCH3 is 1. The molecule has 2 heterocycles. The molecule has 26 heavy (non-hydrogen) atoms. The van der Waals surface area contributed by atoms with Crippen LogP contribution in [0.5, 0.6) is 5.75 Å². The van der Waals surface area contributed by atoms with E-state index in [1.807, 2.05) is 25.1 Å². The number of anilines is 1. The molecule has 0 amide bonds. The Morgan fingerprint density at radius 3 is 2.50 bits per heavy atom. The molecule has 1 aromatic heterocycles. The van der Waals surface area contributed by atoms with Crippen molar-refractivity contribution < 1.29 is 18.8 Å². The predicted octanol–water partition coefficient (Wildman–Crippen LogP) is 2.27. The third-order valence-electron chi connectivity index (χ3n) is 4.43. The standard InChI is InChI=1S/C17H25N4O4P/c1-13-11-17(15-12-14(24-4)5-6-16(15)18-13)20-7-9-21(10-8-20)25-26(22,23)19(2)3/h5-6,11-12H,7-10H2,1-4H3,(H,22,23). The van der Waals surface area contributed by atoms with Crippen molar-refractivity contribution in [1.29, 1.82) is 0 Å². The first-order chi connectivity index (χ1) is 12.3. The summed E-state index contributed by atoms with van der Waals surface area (Å²) in [5.41, 5.74) is 2.96. The molecule has 0 bridgehead atoms. The summed E-state index contributed by atoms with van der Waals surface area (Å²) in [7, 11) is 0.929. The molecular weight excluding hydrogens is 355 g/mol. The second-order valence-electron chi connectivity index (χ2n) is 6.50. The van der Waals surface area contributed by atoms with Gasteiger partial charge < -0.3 is 14.5 Å². The summed E-state index contributed by atoms with van der Waals surface area (Å²) in [5.74, 6) is 0.790. The van der Waals surface area contributed by atoms with Gasteiger partial charge in [-0.1, -0.05) is 0 Å². The van der Waals surface area contributed by atoms with Crippen LogP contribution in [0.25, 0.3) is 10.9 Å². The van der Waals surface area contributed by atoms with Gasteiger partial charge in [0.2, 0.25) is 0 Å². The molecule has 1 atom stereocenters. The largest absolute Gasteiger partial charge is 0.497 e. The number of hydroxylamine groups is 2. The minimum absolute atomic E-state index is 0.533. The van der Waals surface area contributed by atoms with Crippen LogP contribution in [-0.2, 0) is 9.19 Å². The van der Waals surface area contributed by atoms with Crippen molar-refractivity contribution in [2.75, 3.05) is 52.3 Å². The molecule has 1 fully saturated rings. The van der Waals surface area contributed by atoms with Gasteiger partial charge in [-0.25, -0.2) is 13.9 Å². The van der Waals surface area contributed by atoms with Crippen molar-refractivity contribution in [2.45, 2.75) is 6.92 Å². The number of ether oxygens (including phenoxy) is 1. The van der Waals surface area contributed by atoms with Crippen molar-refractivity contribution in [3.63, 3.8) is 0 Å². The topological polar surface area (TPSA) is 78.4 Å². The lowest BCUT2D eigenvalue weighted by molar-refractivity contribution is -0.0779. The van der Waals surface area contributed by atoms with Crippen LogP contribution >= 0.6 is 7.75 Å². The molecule has 1 aliphatic rings. The molecule has 0 aliphatic carbocycles. The molecule has 9 heteroatoms. The number of aryl methyl sites for hydroxylation is 1. The van der Waals surface area contributed by atoms with E-state index in [2.05, 4.69) is 16.0 Å². The van der Waals surface area contributed by atoms with Gasteiger partial charge in [0.15, 0.2) is 0 Å². The summed E-state index contributed by atoms with van der Waals surface area (Å²) in [4.78, 5) is 16.7. The van der Waals surface area contributed by atoms with Crippen molar-refractivity contribution in [1.82, 2.24) is 14.7 Å². The number of hydrogen-bond donors (Lipinski definition) is 1. The van der Waals surface area contributed by atoms with Gasteiger partial charge in [0.05, 0.1) is 12.6 Å². The van der Waals surface area contributed by atoms with Crippen LogP contribution in [0.4, 0.5) is 5.69 Å². The van der Waals surface area contributed by atoms with E-state index >= 15 is 0 Å². The number of piperazine rings is 1. The normalized spacial score (nSPS) is 18.3. The van der Waals surface area contributed by atoms with Crippen LogP contribution in [-0.4, -0.2) is 67.0 Å². The maximum atomic E-state index is 12.0. The van der Waals surface area contributed by atoms with E-state index in [-0.39, 0.29) is 0 Å². The van der Waals surface area contributed by atoms with E-state index in [1.54, 1.807) is 12.2 Å². The van der Waals surface area contributed by atoms with Crippen LogP contribution in [0.2, 0.25) is 0 Å². The van der Waals surface area contributed by atoms with Crippen molar-refractivity contribution in [3.05, 3.63) is 30.0 Å². The Morgan fingerprint density at radius 2 is 1.88 bits per heavy atom. The number of hydrogen-bond acceptors (Lipinski definition) is 6. The van der Waals surface area contributed by atoms with Gasteiger partial charge in [0.1, 0.15) is 5.75 Å². The average Bonchev–Trinajstić information content (AvgIpc) is 2.61. The molecule has 8 nitrogen and oxygen atoms in total. The second kappa shape index (κ2) is 7.50. The van der Waals surface area contributed by atoms with Gasteiger partial charge in [-0.15, -0.1) is 0 Å². The summed E-state index contributed by atoms with van der Waals surface area (Å²) in [6, 6.07) is 7.93. The zero-order valence-corrected chi connectivity index (χ0v) is 16.4. The zero-order valence-electron chi connectivity index (χ0n) is 15.5. The molecule has 0 spiro atoms. The van der Waals surface area contributed by atoms with Crippen molar-refractivity contribution in [2.24, 2.45) is 0 Å². The third-order valence-corrected chi connectivity index (χ3v) is 5.88. The fourth-order valence-corrected chi connectivity index (χ4v) is 3.55. The van der Waals surface area contributed by atoms with Crippen LogP contribution in [0.15, 0.2) is 24.3 Å². The van der Waals surface area contributed by atoms with Crippen molar-refractivity contribution in [3.8, 4) is 5.75 Å². The highest BCUT2D eigenvalue weighted by Crippen LogP contribution is 2.45. The van der Waals surface area contributed by atoms with Gasteiger partial charge in [-0.05, 0) is 45.3 Å². The Bertz CT molecular complexity index is 837. The molecule has 0 saturated carbocycles. The van der Waals surface area contributed by atoms with Crippen LogP contribution in [0.1, 0.15) is 5.69 Å². The smallest absolute Gasteiger partial charge is 0.421 e.